The van der Waals surface area contributed by atoms with Crippen molar-refractivity contribution in [1.29, 1.82) is 0 Å². The second-order valence-electron chi connectivity index (χ2n) is 3.32. The summed E-state index contributed by atoms with van der Waals surface area (Å²) in [5.74, 6) is 0.572. The summed E-state index contributed by atoms with van der Waals surface area (Å²) < 4.78 is 24.3. The third-order valence-electron chi connectivity index (χ3n) is 1.99. The number of halogens is 2. The van der Waals surface area contributed by atoms with Crippen LogP contribution >= 0.6 is 0 Å². The largest absolute Gasteiger partial charge is 0.354 e. The van der Waals surface area contributed by atoms with E-state index < -0.39 is 6.43 Å². The van der Waals surface area contributed by atoms with Gasteiger partial charge in [0, 0.05) is 19.8 Å². The Balaban J connectivity index is 2.71. The number of hydrogen-bond acceptors (Lipinski definition) is 3. The van der Waals surface area contributed by atoms with Crippen LogP contribution in [0.2, 0.25) is 0 Å². The van der Waals surface area contributed by atoms with Gasteiger partial charge >= 0.3 is 0 Å². The molecule has 0 amide bonds. The van der Waals surface area contributed by atoms with Crippen LogP contribution in [0.5, 0.6) is 0 Å². The number of aromatic nitrogens is 1. The Bertz CT molecular complexity index is 304. The lowest BCUT2D eigenvalue weighted by Gasteiger charge is -2.17. The maximum atomic E-state index is 12.1. The third kappa shape index (κ3) is 3.79. The zero-order chi connectivity index (χ0) is 11.3. The Morgan fingerprint density at radius 3 is 2.87 bits per heavy atom. The molecular weight excluding hydrogens is 200 g/mol. The van der Waals surface area contributed by atoms with E-state index in [1.165, 1.54) is 4.90 Å². The number of nitrogens with zero attached hydrogens (tertiary/aromatic N) is 2. The highest BCUT2D eigenvalue weighted by Crippen LogP contribution is 2.12. The Labute approximate surface area is 88.1 Å². The maximum Gasteiger partial charge on any atom is 0.255 e. The van der Waals surface area contributed by atoms with Crippen LogP contribution in [-0.2, 0) is 6.54 Å². The van der Waals surface area contributed by atoms with Gasteiger partial charge in [-0.15, -0.1) is 0 Å². The van der Waals surface area contributed by atoms with Crippen LogP contribution < -0.4 is 10.2 Å². The van der Waals surface area contributed by atoms with E-state index in [2.05, 4.69) is 10.3 Å². The fourth-order valence-corrected chi connectivity index (χ4v) is 1.28. The Hall–Kier alpha value is -1.23. The van der Waals surface area contributed by atoms with Crippen molar-refractivity contribution in [1.82, 2.24) is 10.3 Å². The lowest BCUT2D eigenvalue weighted by Crippen LogP contribution is -2.25. The smallest absolute Gasteiger partial charge is 0.255 e. The van der Waals surface area contributed by atoms with Gasteiger partial charge in [-0.25, -0.2) is 13.8 Å². The molecule has 0 aliphatic heterocycles. The minimum absolute atomic E-state index is 0.296. The van der Waals surface area contributed by atoms with Gasteiger partial charge in [0.05, 0.1) is 6.54 Å². The molecule has 0 radical (unpaired) electrons. The molecule has 0 atom stereocenters. The average molecular weight is 215 g/mol. The second kappa shape index (κ2) is 5.60. The maximum absolute atomic E-state index is 12.1. The summed E-state index contributed by atoms with van der Waals surface area (Å²) in [5, 5.41) is 3.00. The van der Waals surface area contributed by atoms with E-state index in [9.17, 15) is 8.78 Å². The summed E-state index contributed by atoms with van der Waals surface area (Å²) in [4.78, 5) is 5.49. The normalized spacial score (nSPS) is 10.7. The second-order valence-corrected chi connectivity index (χ2v) is 3.32. The van der Waals surface area contributed by atoms with Crippen LogP contribution in [0.25, 0.3) is 0 Å². The molecule has 0 aliphatic carbocycles. The van der Waals surface area contributed by atoms with Crippen LogP contribution in [-0.4, -0.2) is 32.0 Å². The summed E-state index contributed by atoms with van der Waals surface area (Å²) in [6.07, 6.45) is -0.714. The molecule has 0 fully saturated rings. The van der Waals surface area contributed by atoms with Crippen molar-refractivity contribution in [2.75, 3.05) is 25.5 Å². The fraction of sp³-hybridized carbons (Fsp3) is 0.500. The quantitative estimate of drug-likeness (QED) is 0.806. The molecule has 1 heterocycles. The van der Waals surface area contributed by atoms with E-state index in [1.54, 1.807) is 19.3 Å². The van der Waals surface area contributed by atoms with Gasteiger partial charge in [0.1, 0.15) is 5.82 Å². The highest BCUT2D eigenvalue weighted by Gasteiger charge is 2.09. The Morgan fingerprint density at radius 1 is 1.53 bits per heavy atom. The number of rotatable bonds is 5. The zero-order valence-corrected chi connectivity index (χ0v) is 8.87. The number of nitrogens with one attached hydrogen (secondary N) is 1. The summed E-state index contributed by atoms with van der Waals surface area (Å²) >= 11 is 0. The molecule has 1 N–H and O–H groups in total. The van der Waals surface area contributed by atoms with Crippen LogP contribution in [0.4, 0.5) is 14.6 Å². The van der Waals surface area contributed by atoms with Crippen molar-refractivity contribution in [3.8, 4) is 0 Å². The predicted molar refractivity (Wildman–Crippen MR) is 56.3 cm³/mol. The highest BCUT2D eigenvalue weighted by atomic mass is 19.3. The molecule has 0 aliphatic rings. The van der Waals surface area contributed by atoms with Gasteiger partial charge in [-0.1, -0.05) is 0 Å². The number of hydrogen-bond donors (Lipinski definition) is 1. The average Bonchev–Trinajstić information content (AvgIpc) is 2.17. The monoisotopic (exact) mass is 215 g/mol. The van der Waals surface area contributed by atoms with Crippen molar-refractivity contribution in [2.24, 2.45) is 0 Å². The molecule has 0 saturated carbocycles. The van der Waals surface area contributed by atoms with E-state index in [-0.39, 0.29) is 6.54 Å². The molecule has 1 aromatic rings. The topological polar surface area (TPSA) is 28.2 Å². The Morgan fingerprint density at radius 2 is 2.27 bits per heavy atom. The predicted octanol–water partition coefficient (Wildman–Crippen LogP) is 1.50. The molecule has 0 bridgehead atoms. The van der Waals surface area contributed by atoms with Gasteiger partial charge in [0.2, 0.25) is 0 Å². The van der Waals surface area contributed by atoms with Gasteiger partial charge in [-0.2, -0.15) is 0 Å². The van der Waals surface area contributed by atoms with E-state index in [1.807, 2.05) is 13.1 Å². The molecule has 1 rings (SSSR count). The van der Waals surface area contributed by atoms with Crippen LogP contribution in [0.1, 0.15) is 5.56 Å². The third-order valence-corrected chi connectivity index (χ3v) is 1.99. The number of anilines is 1. The molecular formula is C10H15F2N3. The molecule has 0 spiro atoms. The van der Waals surface area contributed by atoms with Crippen molar-refractivity contribution in [3.05, 3.63) is 23.9 Å². The van der Waals surface area contributed by atoms with Crippen LogP contribution in [0.15, 0.2) is 18.3 Å². The van der Waals surface area contributed by atoms with Crippen LogP contribution in [0.3, 0.4) is 0 Å². The van der Waals surface area contributed by atoms with E-state index in [0.717, 1.165) is 5.56 Å². The molecule has 1 aromatic heterocycles. The van der Waals surface area contributed by atoms with Gasteiger partial charge in [-0.3, -0.25) is 0 Å². The van der Waals surface area contributed by atoms with Crippen molar-refractivity contribution < 1.29 is 8.78 Å². The lowest BCUT2D eigenvalue weighted by atomic mass is 10.2. The molecule has 3 nitrogen and oxygen atoms in total. The highest BCUT2D eigenvalue weighted by molar-refractivity contribution is 5.40. The minimum Gasteiger partial charge on any atom is -0.354 e. The standard InChI is InChI=1S/C10H15F2N3/c1-13-6-8-3-4-14-10(5-8)15(2)7-9(11)12/h3-5,9,13H,6-7H2,1-2H3. The first-order chi connectivity index (χ1) is 7.13. The molecule has 84 valence electrons. The molecule has 0 unspecified atom stereocenters. The summed E-state index contributed by atoms with van der Waals surface area (Å²) in [6.45, 7) is 0.411. The summed E-state index contributed by atoms with van der Waals surface area (Å²) in [5.41, 5.74) is 1.03. The van der Waals surface area contributed by atoms with Gasteiger partial charge < -0.3 is 10.2 Å². The van der Waals surface area contributed by atoms with Crippen molar-refractivity contribution in [3.63, 3.8) is 0 Å². The summed E-state index contributed by atoms with van der Waals surface area (Å²) in [7, 11) is 3.45. The van der Waals surface area contributed by atoms with Gasteiger partial charge in [0.25, 0.3) is 6.43 Å². The fourth-order valence-electron chi connectivity index (χ4n) is 1.28. The molecule has 5 heteroatoms. The number of alkyl halides is 2. The molecule has 0 aromatic carbocycles. The first kappa shape index (κ1) is 11.8. The van der Waals surface area contributed by atoms with E-state index >= 15 is 0 Å². The Kier molecular flexibility index (Phi) is 4.42. The minimum atomic E-state index is -2.34. The SMILES string of the molecule is CNCc1ccnc(N(C)CC(F)F)c1. The van der Waals surface area contributed by atoms with Crippen LogP contribution in [0, 0.1) is 0 Å². The zero-order valence-electron chi connectivity index (χ0n) is 8.87. The van der Waals surface area contributed by atoms with Crippen molar-refractivity contribution >= 4 is 5.82 Å². The van der Waals surface area contributed by atoms with E-state index in [0.29, 0.717) is 12.4 Å². The van der Waals surface area contributed by atoms with Gasteiger partial charge in [0.15, 0.2) is 0 Å². The molecule has 15 heavy (non-hydrogen) atoms. The number of pyridine rings is 1. The first-order valence-electron chi connectivity index (χ1n) is 4.72. The lowest BCUT2D eigenvalue weighted by molar-refractivity contribution is 0.156. The summed E-state index contributed by atoms with van der Waals surface area (Å²) in [6, 6.07) is 3.66. The van der Waals surface area contributed by atoms with Crippen molar-refractivity contribution in [2.45, 2.75) is 13.0 Å². The molecule has 0 saturated heterocycles. The first-order valence-corrected chi connectivity index (χ1v) is 4.72. The van der Waals surface area contributed by atoms with E-state index in [4.69, 9.17) is 0 Å². The van der Waals surface area contributed by atoms with Gasteiger partial charge in [-0.05, 0) is 24.7 Å².